The van der Waals surface area contributed by atoms with Gasteiger partial charge in [-0.15, -0.1) is 0 Å². The van der Waals surface area contributed by atoms with Gasteiger partial charge in [-0.05, 0) is 12.1 Å². The van der Waals surface area contributed by atoms with Gasteiger partial charge < -0.3 is 23.8 Å². The number of fused-ring (bicyclic) bond motifs is 1. The minimum absolute atomic E-state index is 0.0884. The van der Waals surface area contributed by atoms with Gasteiger partial charge >= 0.3 is 0 Å². The number of hydrogen-bond acceptors (Lipinski definition) is 10. The normalized spacial score (nSPS) is 15.8. The Morgan fingerprint density at radius 2 is 1.77 bits per heavy atom. The van der Waals surface area contributed by atoms with E-state index in [0.29, 0.717) is 85.7 Å². The van der Waals surface area contributed by atoms with Crippen molar-refractivity contribution in [3.8, 4) is 22.8 Å². The molecule has 2 aliphatic rings. The number of ether oxygens (including phenoxy) is 4. The highest BCUT2D eigenvalue weighted by molar-refractivity contribution is 5.77. The molecule has 39 heavy (non-hydrogen) atoms. The van der Waals surface area contributed by atoms with Gasteiger partial charge in [0.15, 0.2) is 17.2 Å². The van der Waals surface area contributed by atoms with E-state index in [1.165, 1.54) is 13.2 Å². The first kappa shape index (κ1) is 25.4. The highest BCUT2D eigenvalue weighted by Crippen LogP contribution is 2.37. The third-order valence-corrected chi connectivity index (χ3v) is 7.17. The van der Waals surface area contributed by atoms with Crippen LogP contribution in [0.2, 0.25) is 0 Å². The van der Waals surface area contributed by atoms with E-state index in [0.717, 1.165) is 5.56 Å². The van der Waals surface area contributed by atoms with Crippen molar-refractivity contribution in [2.24, 2.45) is 7.05 Å². The van der Waals surface area contributed by atoms with E-state index in [1.54, 1.807) is 30.3 Å². The van der Waals surface area contributed by atoms with Crippen molar-refractivity contribution in [3.63, 3.8) is 0 Å². The molecule has 0 amide bonds. The van der Waals surface area contributed by atoms with Crippen LogP contribution in [-0.4, -0.2) is 95.5 Å². The fraction of sp³-hybridized carbons (Fsp3) is 0.407. The lowest BCUT2D eigenvalue weighted by atomic mass is 10.1. The van der Waals surface area contributed by atoms with Gasteiger partial charge in [0, 0.05) is 44.0 Å². The lowest BCUT2D eigenvalue weighted by Crippen LogP contribution is -2.60. The molecule has 0 saturated carbocycles. The first-order valence-corrected chi connectivity index (χ1v) is 12.8. The lowest BCUT2D eigenvalue weighted by Gasteiger charge is -2.46. The highest BCUT2D eigenvalue weighted by atomic mass is 19.1. The molecule has 204 valence electrons. The predicted octanol–water partition coefficient (Wildman–Crippen LogP) is 2.82. The second-order valence-electron chi connectivity index (χ2n) is 9.60. The first-order valence-electron chi connectivity index (χ1n) is 12.8. The molecule has 2 fully saturated rings. The van der Waals surface area contributed by atoms with Gasteiger partial charge in [0.1, 0.15) is 17.1 Å². The molecule has 0 spiro atoms. The SMILES string of the molecule is COc1cc(OC)c(F)c(N(CCN(C2COC2)C2COC2)c2ccc3ncc(-c4cnn(C)c4)nc3n2)c1. The van der Waals surface area contributed by atoms with E-state index in [4.69, 9.17) is 28.9 Å². The number of anilines is 2. The van der Waals surface area contributed by atoms with Gasteiger partial charge in [-0.1, -0.05) is 0 Å². The van der Waals surface area contributed by atoms with Crippen LogP contribution in [0, 0.1) is 5.82 Å². The number of aromatic nitrogens is 5. The van der Waals surface area contributed by atoms with Gasteiger partial charge in [0.2, 0.25) is 0 Å². The summed E-state index contributed by atoms with van der Waals surface area (Å²) in [5.74, 6) is 0.597. The molecule has 0 atom stereocenters. The number of methoxy groups -OCH3 is 2. The molecule has 0 unspecified atom stereocenters. The maximum absolute atomic E-state index is 15.8. The van der Waals surface area contributed by atoms with Crippen LogP contribution in [-0.2, 0) is 16.5 Å². The van der Waals surface area contributed by atoms with Crippen LogP contribution < -0.4 is 14.4 Å². The Balaban J connectivity index is 1.40. The zero-order valence-electron chi connectivity index (χ0n) is 22.1. The molecule has 0 N–H and O–H groups in total. The monoisotopic (exact) mass is 535 g/mol. The van der Waals surface area contributed by atoms with Crippen LogP contribution in [0.25, 0.3) is 22.4 Å². The molecule has 3 aromatic heterocycles. The third kappa shape index (κ3) is 4.98. The Labute approximate surface area is 225 Å². The minimum Gasteiger partial charge on any atom is -0.497 e. The second-order valence-corrected chi connectivity index (χ2v) is 9.60. The average Bonchev–Trinajstić information content (AvgIpc) is 3.33. The standard InChI is InChI=1S/C27H30FN7O4/c1-33-12-17(10-30-33)22-11-29-21-4-5-25(32-27(21)31-22)35(23-8-20(36-2)9-24(37-3)26(23)28)7-6-34(18-13-38-14-18)19-15-39-16-19/h4-5,8-12,18-19H,6-7,13-16H2,1-3H3. The van der Waals surface area contributed by atoms with Crippen molar-refractivity contribution < 1.29 is 23.3 Å². The van der Waals surface area contributed by atoms with Crippen LogP contribution >= 0.6 is 0 Å². The average molecular weight is 536 g/mol. The lowest BCUT2D eigenvalue weighted by molar-refractivity contribution is -0.136. The Morgan fingerprint density at radius 1 is 1.00 bits per heavy atom. The maximum atomic E-state index is 15.8. The summed E-state index contributed by atoms with van der Waals surface area (Å²) in [5.41, 5.74) is 2.87. The van der Waals surface area contributed by atoms with Gasteiger partial charge in [0.25, 0.3) is 0 Å². The van der Waals surface area contributed by atoms with Gasteiger partial charge in [-0.2, -0.15) is 5.10 Å². The summed E-state index contributed by atoms with van der Waals surface area (Å²) in [7, 11) is 4.82. The zero-order chi connectivity index (χ0) is 26.9. The van der Waals surface area contributed by atoms with Crippen molar-refractivity contribution in [1.82, 2.24) is 29.6 Å². The van der Waals surface area contributed by atoms with Crippen molar-refractivity contribution in [2.75, 3.05) is 58.6 Å². The summed E-state index contributed by atoms with van der Waals surface area (Å²) >= 11 is 0. The Hall–Kier alpha value is -3.87. The minimum atomic E-state index is -0.499. The smallest absolute Gasteiger partial charge is 0.188 e. The van der Waals surface area contributed by atoms with Crippen molar-refractivity contribution >= 4 is 22.7 Å². The Bertz CT molecular complexity index is 1460. The molecule has 12 heteroatoms. The van der Waals surface area contributed by atoms with Crippen LogP contribution in [0.4, 0.5) is 15.9 Å². The molecular weight excluding hydrogens is 505 g/mol. The summed E-state index contributed by atoms with van der Waals surface area (Å²) in [6.45, 7) is 3.83. The van der Waals surface area contributed by atoms with E-state index in [-0.39, 0.29) is 5.75 Å². The number of benzene rings is 1. The number of halogens is 1. The van der Waals surface area contributed by atoms with E-state index in [9.17, 15) is 0 Å². The molecule has 0 aliphatic carbocycles. The Kier molecular flexibility index (Phi) is 6.98. The van der Waals surface area contributed by atoms with Crippen LogP contribution in [0.1, 0.15) is 0 Å². The summed E-state index contributed by atoms with van der Waals surface area (Å²) in [6, 6.07) is 7.48. The third-order valence-electron chi connectivity index (χ3n) is 7.17. The number of rotatable bonds is 10. The quantitative estimate of drug-likeness (QED) is 0.301. The predicted molar refractivity (Wildman–Crippen MR) is 142 cm³/mol. The molecule has 1 aromatic carbocycles. The van der Waals surface area contributed by atoms with Crippen molar-refractivity contribution in [2.45, 2.75) is 12.1 Å². The van der Waals surface area contributed by atoms with E-state index >= 15 is 4.39 Å². The fourth-order valence-electron chi connectivity index (χ4n) is 4.82. The topological polar surface area (TPSA) is 99.9 Å². The maximum Gasteiger partial charge on any atom is 0.188 e. The number of pyridine rings is 1. The van der Waals surface area contributed by atoms with Crippen molar-refractivity contribution in [3.05, 3.63) is 48.7 Å². The van der Waals surface area contributed by atoms with E-state index < -0.39 is 5.82 Å². The molecule has 4 aromatic rings. The van der Waals surface area contributed by atoms with Crippen LogP contribution in [0.15, 0.2) is 42.9 Å². The number of hydrogen-bond donors (Lipinski definition) is 0. The first-order chi connectivity index (χ1) is 19.0. The van der Waals surface area contributed by atoms with E-state index in [1.807, 2.05) is 30.3 Å². The largest absolute Gasteiger partial charge is 0.497 e. The van der Waals surface area contributed by atoms with Crippen molar-refractivity contribution in [1.29, 1.82) is 0 Å². The number of nitrogens with zero attached hydrogens (tertiary/aromatic N) is 7. The summed E-state index contributed by atoms with van der Waals surface area (Å²) < 4.78 is 39.2. The molecule has 11 nitrogen and oxygen atoms in total. The molecule has 2 aliphatic heterocycles. The summed E-state index contributed by atoms with van der Waals surface area (Å²) in [6.07, 6.45) is 5.30. The summed E-state index contributed by atoms with van der Waals surface area (Å²) in [4.78, 5) is 18.3. The molecular formula is C27H30FN7O4. The van der Waals surface area contributed by atoms with Crippen LogP contribution in [0.3, 0.4) is 0 Å². The van der Waals surface area contributed by atoms with Crippen LogP contribution in [0.5, 0.6) is 11.5 Å². The fourth-order valence-corrected chi connectivity index (χ4v) is 4.82. The van der Waals surface area contributed by atoms with E-state index in [2.05, 4.69) is 15.0 Å². The molecule has 2 saturated heterocycles. The highest BCUT2D eigenvalue weighted by Gasteiger charge is 2.35. The molecule has 6 rings (SSSR count). The zero-order valence-corrected chi connectivity index (χ0v) is 22.1. The van der Waals surface area contributed by atoms with Gasteiger partial charge in [0.05, 0.1) is 76.5 Å². The molecule has 0 radical (unpaired) electrons. The second kappa shape index (κ2) is 10.7. The molecule has 0 bridgehead atoms. The molecule has 5 heterocycles. The summed E-state index contributed by atoms with van der Waals surface area (Å²) in [5, 5.41) is 4.23. The number of aryl methyl sites for hydroxylation is 1. The van der Waals surface area contributed by atoms with Gasteiger partial charge in [-0.25, -0.2) is 14.4 Å². The van der Waals surface area contributed by atoms with Gasteiger partial charge in [-0.3, -0.25) is 14.6 Å². The Morgan fingerprint density at radius 3 is 2.38 bits per heavy atom.